The van der Waals surface area contributed by atoms with E-state index in [-0.39, 0.29) is 10.1 Å². The molecule has 1 aromatic rings. The van der Waals surface area contributed by atoms with Gasteiger partial charge in [-0.2, -0.15) is 0 Å². The Morgan fingerprint density at radius 2 is 2.13 bits per heavy atom. The highest BCUT2D eigenvalue weighted by Crippen LogP contribution is 2.37. The molecule has 0 bridgehead atoms. The second kappa shape index (κ2) is 5.75. The number of carbonyl (C=O) groups is 2. The molecule has 6 nitrogen and oxygen atoms in total. The monoisotopic (exact) mass is 376 g/mol. The van der Waals surface area contributed by atoms with Crippen LogP contribution in [0.3, 0.4) is 0 Å². The smallest absolute Gasteiger partial charge is 0.273 e. The molecule has 1 atom stereocenters. The molecule has 0 radical (unpaired) electrons. The fraction of sp³-hybridized carbons (Fsp3) is 0.571. The fourth-order valence-corrected chi connectivity index (χ4v) is 5.16. The number of rotatable bonds is 5. The topological polar surface area (TPSA) is 83.6 Å². The zero-order chi connectivity index (χ0) is 16.8. The second-order valence-corrected chi connectivity index (χ2v) is 9.83. The third-order valence-electron chi connectivity index (χ3n) is 4.41. The van der Waals surface area contributed by atoms with E-state index in [1.165, 1.54) is 17.0 Å². The predicted molar refractivity (Wildman–Crippen MR) is 86.7 cm³/mol. The number of likely N-dealkylation sites (tertiary alicyclic amines) is 1. The molecule has 1 saturated carbocycles. The van der Waals surface area contributed by atoms with Gasteiger partial charge in [-0.15, -0.1) is 11.3 Å². The molecule has 1 aliphatic heterocycles. The van der Waals surface area contributed by atoms with Crippen molar-refractivity contribution in [2.75, 3.05) is 6.54 Å². The maximum atomic E-state index is 12.4. The lowest BCUT2D eigenvalue weighted by atomic mass is 9.85. The van der Waals surface area contributed by atoms with Crippen molar-refractivity contribution in [3.8, 4) is 0 Å². The van der Waals surface area contributed by atoms with Crippen LogP contribution in [-0.4, -0.2) is 37.2 Å². The Bertz CT molecular complexity index is 757. The van der Waals surface area contributed by atoms with Gasteiger partial charge in [0.25, 0.3) is 15.9 Å². The van der Waals surface area contributed by atoms with Crippen LogP contribution in [0.1, 0.15) is 32.6 Å². The third-order valence-corrected chi connectivity index (χ3v) is 7.46. The number of sulfonamides is 1. The summed E-state index contributed by atoms with van der Waals surface area (Å²) < 4.78 is 26.8. The van der Waals surface area contributed by atoms with Crippen molar-refractivity contribution in [1.29, 1.82) is 0 Å². The zero-order valence-electron chi connectivity index (χ0n) is 12.5. The summed E-state index contributed by atoms with van der Waals surface area (Å²) in [6.07, 6.45) is 3.00. The molecule has 9 heteroatoms. The van der Waals surface area contributed by atoms with Crippen molar-refractivity contribution in [3.05, 3.63) is 16.5 Å². The Morgan fingerprint density at radius 1 is 1.43 bits per heavy atom. The summed E-state index contributed by atoms with van der Waals surface area (Å²) in [7, 11) is -3.96. The molecular formula is C14H17ClN2O4S2. The summed E-state index contributed by atoms with van der Waals surface area (Å²) in [5.41, 5.74) is -1.10. The molecule has 3 rings (SSSR count). The van der Waals surface area contributed by atoms with E-state index in [1.807, 2.05) is 0 Å². The molecule has 0 spiro atoms. The Balaban J connectivity index is 1.70. The largest absolute Gasteiger partial charge is 0.328 e. The van der Waals surface area contributed by atoms with E-state index in [0.29, 0.717) is 29.6 Å². The summed E-state index contributed by atoms with van der Waals surface area (Å²) in [5, 5.41) is 0. The molecule has 0 aromatic carbocycles. The van der Waals surface area contributed by atoms with E-state index in [4.69, 9.17) is 11.6 Å². The van der Waals surface area contributed by atoms with Crippen LogP contribution in [0.2, 0.25) is 4.34 Å². The Kier molecular flexibility index (Phi) is 4.18. The van der Waals surface area contributed by atoms with E-state index < -0.39 is 21.5 Å². The zero-order valence-corrected chi connectivity index (χ0v) is 14.9. The SMILES string of the molecule is CC1(C(=O)NS(=O)(=O)c2ccc(Cl)s2)CCN1C(=O)CC1CC1. The molecule has 2 amide bonds. The molecule has 1 aliphatic carbocycles. The summed E-state index contributed by atoms with van der Waals surface area (Å²) >= 11 is 6.62. The summed E-state index contributed by atoms with van der Waals surface area (Å²) in [5.74, 6) is -0.321. The lowest BCUT2D eigenvalue weighted by molar-refractivity contribution is -0.156. The van der Waals surface area contributed by atoms with E-state index in [9.17, 15) is 18.0 Å². The number of nitrogens with one attached hydrogen (secondary N) is 1. The Hall–Kier alpha value is -1.12. The number of hydrogen-bond acceptors (Lipinski definition) is 5. The van der Waals surface area contributed by atoms with Gasteiger partial charge < -0.3 is 4.90 Å². The third kappa shape index (κ3) is 3.25. The minimum absolute atomic E-state index is 0.0189. The minimum Gasteiger partial charge on any atom is -0.328 e. The highest BCUT2D eigenvalue weighted by Gasteiger charge is 2.50. The van der Waals surface area contributed by atoms with Gasteiger partial charge in [-0.05, 0) is 44.2 Å². The van der Waals surface area contributed by atoms with Crippen molar-refractivity contribution in [2.45, 2.75) is 42.4 Å². The van der Waals surface area contributed by atoms with Crippen molar-refractivity contribution in [2.24, 2.45) is 5.92 Å². The quantitative estimate of drug-likeness (QED) is 0.851. The summed E-state index contributed by atoms with van der Waals surface area (Å²) in [4.78, 5) is 26.1. The van der Waals surface area contributed by atoms with Crippen LogP contribution >= 0.6 is 22.9 Å². The van der Waals surface area contributed by atoms with Crippen molar-refractivity contribution < 1.29 is 18.0 Å². The van der Waals surface area contributed by atoms with Crippen LogP contribution in [0.4, 0.5) is 0 Å². The van der Waals surface area contributed by atoms with Crippen LogP contribution in [0, 0.1) is 5.92 Å². The van der Waals surface area contributed by atoms with Gasteiger partial charge in [0, 0.05) is 13.0 Å². The maximum Gasteiger partial charge on any atom is 0.273 e. The van der Waals surface area contributed by atoms with Crippen LogP contribution < -0.4 is 4.72 Å². The van der Waals surface area contributed by atoms with Crippen LogP contribution in [0.25, 0.3) is 0 Å². The highest BCUT2D eigenvalue weighted by atomic mass is 35.5. The molecule has 1 saturated heterocycles. The molecule has 126 valence electrons. The van der Waals surface area contributed by atoms with E-state index in [0.717, 1.165) is 24.2 Å². The first-order valence-electron chi connectivity index (χ1n) is 7.35. The fourth-order valence-electron chi connectivity index (χ4n) is 2.60. The number of thiophene rings is 1. The molecule has 2 aliphatic rings. The van der Waals surface area contributed by atoms with Crippen molar-refractivity contribution >= 4 is 44.8 Å². The van der Waals surface area contributed by atoms with Gasteiger partial charge in [0.2, 0.25) is 5.91 Å². The van der Waals surface area contributed by atoms with Crippen LogP contribution in [0.15, 0.2) is 16.3 Å². The molecule has 1 N–H and O–H groups in total. The molecule has 23 heavy (non-hydrogen) atoms. The normalized spacial score (nSPS) is 24.2. The number of amides is 2. The Labute approximate surface area is 143 Å². The van der Waals surface area contributed by atoms with Crippen LogP contribution in [0.5, 0.6) is 0 Å². The first-order chi connectivity index (χ1) is 10.7. The number of carbonyl (C=O) groups excluding carboxylic acids is 2. The van der Waals surface area contributed by atoms with Crippen LogP contribution in [-0.2, 0) is 19.6 Å². The number of nitrogens with zero attached hydrogens (tertiary/aromatic N) is 1. The van der Waals surface area contributed by atoms with Gasteiger partial charge in [0.05, 0.1) is 4.34 Å². The molecule has 1 aromatic heterocycles. The average molecular weight is 377 g/mol. The standard InChI is InChI=1S/C14H17ClN2O4S2/c1-14(6-7-17(14)11(18)8-9-2-3-9)13(19)16-23(20,21)12-5-4-10(15)22-12/h4-5,9H,2-3,6-8H2,1H3,(H,16,19). The number of hydrogen-bond donors (Lipinski definition) is 1. The summed E-state index contributed by atoms with van der Waals surface area (Å²) in [6, 6.07) is 2.81. The van der Waals surface area contributed by atoms with Gasteiger partial charge in [-0.25, -0.2) is 13.1 Å². The van der Waals surface area contributed by atoms with E-state index >= 15 is 0 Å². The first kappa shape index (κ1) is 16.7. The van der Waals surface area contributed by atoms with E-state index in [2.05, 4.69) is 4.72 Å². The van der Waals surface area contributed by atoms with Crippen molar-refractivity contribution in [3.63, 3.8) is 0 Å². The van der Waals surface area contributed by atoms with Gasteiger partial charge >= 0.3 is 0 Å². The average Bonchev–Trinajstić information content (AvgIpc) is 3.13. The van der Waals surface area contributed by atoms with E-state index in [1.54, 1.807) is 6.92 Å². The van der Waals surface area contributed by atoms with Gasteiger partial charge in [-0.1, -0.05) is 11.6 Å². The Morgan fingerprint density at radius 3 is 2.61 bits per heavy atom. The van der Waals surface area contributed by atoms with Gasteiger partial charge in [0.1, 0.15) is 9.75 Å². The number of halogens is 1. The molecule has 2 heterocycles. The second-order valence-electron chi connectivity index (χ2n) is 6.21. The molecule has 1 unspecified atom stereocenters. The van der Waals surface area contributed by atoms with Gasteiger partial charge in [-0.3, -0.25) is 9.59 Å². The molecule has 2 fully saturated rings. The highest BCUT2D eigenvalue weighted by molar-refractivity contribution is 7.92. The van der Waals surface area contributed by atoms with Crippen molar-refractivity contribution in [1.82, 2.24) is 9.62 Å². The maximum absolute atomic E-state index is 12.4. The summed E-state index contributed by atoms with van der Waals surface area (Å²) in [6.45, 7) is 2.09. The molecular weight excluding hydrogens is 360 g/mol. The lowest BCUT2D eigenvalue weighted by Crippen LogP contribution is -2.67. The lowest BCUT2D eigenvalue weighted by Gasteiger charge is -2.49. The predicted octanol–water partition coefficient (Wildman–Crippen LogP) is 2.00. The van der Waals surface area contributed by atoms with Gasteiger partial charge in [0.15, 0.2) is 0 Å². The minimum atomic E-state index is -3.96. The first-order valence-corrected chi connectivity index (χ1v) is 10.0.